The van der Waals surface area contributed by atoms with Crippen molar-refractivity contribution < 1.29 is 10.2 Å². The minimum atomic E-state index is 0.265. The molecule has 2 nitrogen and oxygen atoms in total. The molecule has 29 heavy (non-hydrogen) atoms. The van der Waals surface area contributed by atoms with Crippen LogP contribution >= 0.6 is 0 Å². The molecule has 1 rings (SSSR count). The molecule has 1 aromatic carbocycles. The molecular weight excluding hydrogens is 356 g/mol. The van der Waals surface area contributed by atoms with Crippen molar-refractivity contribution in [1.82, 2.24) is 0 Å². The Kier molecular flexibility index (Phi) is 10.6. The molecule has 0 unspecified atom stereocenters. The second-order valence-corrected chi connectivity index (χ2v) is 8.69. The van der Waals surface area contributed by atoms with Crippen molar-refractivity contribution in [1.29, 1.82) is 0 Å². The fraction of sp³-hybridized carbons (Fsp3) is 0.481. The van der Waals surface area contributed by atoms with Crippen LogP contribution in [0.3, 0.4) is 0 Å². The minimum Gasteiger partial charge on any atom is -0.508 e. The number of allylic oxidation sites excluding steroid dienone is 8. The van der Waals surface area contributed by atoms with Gasteiger partial charge in [0.1, 0.15) is 11.5 Å². The van der Waals surface area contributed by atoms with Gasteiger partial charge in [0.15, 0.2) is 0 Å². The zero-order chi connectivity index (χ0) is 22.0. The summed E-state index contributed by atoms with van der Waals surface area (Å²) in [5, 5.41) is 20.9. The Bertz CT molecular complexity index is 796. The van der Waals surface area contributed by atoms with Crippen LogP contribution in [0.25, 0.3) is 0 Å². The van der Waals surface area contributed by atoms with E-state index in [0.29, 0.717) is 12.8 Å². The summed E-state index contributed by atoms with van der Waals surface area (Å²) in [5.41, 5.74) is 8.29. The number of aromatic hydroxyl groups is 2. The van der Waals surface area contributed by atoms with Crippen LogP contribution < -0.4 is 0 Å². The Morgan fingerprint density at radius 3 is 1.76 bits per heavy atom. The molecule has 0 fully saturated rings. The van der Waals surface area contributed by atoms with Crippen LogP contribution in [0.2, 0.25) is 0 Å². The van der Waals surface area contributed by atoms with Crippen molar-refractivity contribution >= 4 is 0 Å². The van der Waals surface area contributed by atoms with Crippen molar-refractivity contribution in [2.24, 2.45) is 0 Å². The first kappa shape index (κ1) is 24.8. The van der Waals surface area contributed by atoms with Gasteiger partial charge in [-0.25, -0.2) is 0 Å². The lowest BCUT2D eigenvalue weighted by atomic mass is 9.93. The molecule has 0 aliphatic rings. The fourth-order valence-electron chi connectivity index (χ4n) is 3.27. The van der Waals surface area contributed by atoms with Crippen molar-refractivity contribution in [2.75, 3.05) is 0 Å². The first-order valence-corrected chi connectivity index (χ1v) is 10.7. The standard InChI is InChI=1S/C27H40O2/c1-19(2)10-8-12-21(5)14-15-24-25(27(29)17-16-26(24)28)18-23(7)22(6)13-9-11-20(3)4/h10-11,14,16-17,28-29H,8-9,12-13,15,18H2,1-7H3. The van der Waals surface area contributed by atoms with Crippen LogP contribution in [0.5, 0.6) is 11.5 Å². The second kappa shape index (κ2) is 12.4. The van der Waals surface area contributed by atoms with Gasteiger partial charge in [0.25, 0.3) is 0 Å². The molecule has 160 valence electrons. The predicted octanol–water partition coefficient (Wildman–Crippen LogP) is 7.96. The largest absolute Gasteiger partial charge is 0.508 e. The van der Waals surface area contributed by atoms with E-state index in [-0.39, 0.29) is 11.5 Å². The van der Waals surface area contributed by atoms with Crippen LogP contribution in [0.1, 0.15) is 85.3 Å². The number of hydrogen-bond acceptors (Lipinski definition) is 2. The van der Waals surface area contributed by atoms with Gasteiger partial charge in [-0.2, -0.15) is 0 Å². The Morgan fingerprint density at radius 1 is 0.690 bits per heavy atom. The van der Waals surface area contributed by atoms with Gasteiger partial charge in [0, 0.05) is 11.1 Å². The van der Waals surface area contributed by atoms with Crippen molar-refractivity contribution in [3.8, 4) is 11.5 Å². The lowest BCUT2D eigenvalue weighted by Crippen LogP contribution is -1.99. The third-order valence-corrected chi connectivity index (χ3v) is 5.37. The van der Waals surface area contributed by atoms with E-state index < -0.39 is 0 Å². The molecule has 0 radical (unpaired) electrons. The molecular formula is C27H40O2. The maximum absolute atomic E-state index is 10.5. The minimum absolute atomic E-state index is 0.265. The molecule has 0 heterocycles. The van der Waals surface area contributed by atoms with Gasteiger partial charge in [0.2, 0.25) is 0 Å². The summed E-state index contributed by atoms with van der Waals surface area (Å²) in [7, 11) is 0. The molecule has 0 aliphatic heterocycles. The van der Waals surface area contributed by atoms with Gasteiger partial charge >= 0.3 is 0 Å². The van der Waals surface area contributed by atoms with Crippen LogP contribution in [-0.2, 0) is 12.8 Å². The van der Waals surface area contributed by atoms with Gasteiger partial charge in [-0.1, -0.05) is 46.1 Å². The topological polar surface area (TPSA) is 40.5 Å². The van der Waals surface area contributed by atoms with E-state index in [4.69, 9.17) is 0 Å². The molecule has 0 amide bonds. The Labute approximate surface area is 178 Å². The smallest absolute Gasteiger partial charge is 0.119 e. The van der Waals surface area contributed by atoms with Gasteiger partial charge in [-0.15, -0.1) is 0 Å². The van der Waals surface area contributed by atoms with Gasteiger partial charge in [-0.05, 0) is 99.1 Å². The molecule has 0 atom stereocenters. The molecule has 2 heteroatoms. The van der Waals surface area contributed by atoms with E-state index in [0.717, 1.165) is 36.8 Å². The van der Waals surface area contributed by atoms with E-state index >= 15 is 0 Å². The van der Waals surface area contributed by atoms with Crippen LogP contribution in [-0.4, -0.2) is 10.2 Å². The van der Waals surface area contributed by atoms with Crippen LogP contribution in [0.4, 0.5) is 0 Å². The van der Waals surface area contributed by atoms with E-state index in [1.54, 1.807) is 12.1 Å². The van der Waals surface area contributed by atoms with Gasteiger partial charge in [0.05, 0.1) is 0 Å². The maximum atomic E-state index is 10.5. The number of phenolic OH excluding ortho intramolecular Hbond substituents is 2. The number of hydrogen-bond donors (Lipinski definition) is 2. The quantitative estimate of drug-likeness (QED) is 0.311. The average Bonchev–Trinajstić information content (AvgIpc) is 2.63. The van der Waals surface area contributed by atoms with Gasteiger partial charge < -0.3 is 10.2 Å². The normalized spacial score (nSPS) is 12.4. The Morgan fingerprint density at radius 2 is 1.21 bits per heavy atom. The second-order valence-electron chi connectivity index (χ2n) is 8.69. The first-order valence-electron chi connectivity index (χ1n) is 10.7. The monoisotopic (exact) mass is 396 g/mol. The van der Waals surface area contributed by atoms with E-state index in [9.17, 15) is 10.2 Å². The number of rotatable bonds is 10. The lowest BCUT2D eigenvalue weighted by molar-refractivity contribution is 0.450. The molecule has 2 N–H and O–H groups in total. The summed E-state index contributed by atoms with van der Waals surface area (Å²) in [5.74, 6) is 0.533. The molecule has 0 aliphatic carbocycles. The SMILES string of the molecule is CC(C)=CCCC(C)=CCc1c(O)ccc(O)c1CC(C)=C(C)CCC=C(C)C. The van der Waals surface area contributed by atoms with Gasteiger partial charge in [-0.3, -0.25) is 0 Å². The highest BCUT2D eigenvalue weighted by Gasteiger charge is 2.13. The summed E-state index contributed by atoms with van der Waals surface area (Å²) in [4.78, 5) is 0. The zero-order valence-electron chi connectivity index (χ0n) is 19.5. The average molecular weight is 397 g/mol. The molecule has 0 bridgehead atoms. The van der Waals surface area contributed by atoms with Crippen molar-refractivity contribution in [2.45, 2.75) is 87.0 Å². The first-order chi connectivity index (χ1) is 13.6. The van der Waals surface area contributed by atoms with Crippen molar-refractivity contribution in [3.63, 3.8) is 0 Å². The highest BCUT2D eigenvalue weighted by molar-refractivity contribution is 5.50. The summed E-state index contributed by atoms with van der Waals surface area (Å²) in [6.07, 6.45) is 12.1. The molecule has 0 spiro atoms. The molecule has 0 aromatic heterocycles. The van der Waals surface area contributed by atoms with Crippen LogP contribution in [0.15, 0.2) is 58.2 Å². The van der Waals surface area contributed by atoms with E-state index in [1.165, 1.54) is 27.9 Å². The summed E-state index contributed by atoms with van der Waals surface area (Å²) in [6.45, 7) is 14.9. The Balaban J connectivity index is 3.00. The van der Waals surface area contributed by atoms with E-state index in [1.807, 2.05) is 0 Å². The number of benzene rings is 1. The Hall–Kier alpha value is -2.22. The highest BCUT2D eigenvalue weighted by atomic mass is 16.3. The highest BCUT2D eigenvalue weighted by Crippen LogP contribution is 2.33. The predicted molar refractivity (Wildman–Crippen MR) is 127 cm³/mol. The van der Waals surface area contributed by atoms with E-state index in [2.05, 4.69) is 66.7 Å². The third-order valence-electron chi connectivity index (χ3n) is 5.37. The molecule has 0 saturated heterocycles. The number of phenols is 2. The maximum Gasteiger partial charge on any atom is 0.119 e. The van der Waals surface area contributed by atoms with Crippen LogP contribution in [0, 0.1) is 0 Å². The zero-order valence-corrected chi connectivity index (χ0v) is 19.5. The summed E-state index contributed by atoms with van der Waals surface area (Å²) in [6, 6.07) is 3.20. The molecule has 1 aromatic rings. The summed E-state index contributed by atoms with van der Waals surface area (Å²) < 4.78 is 0. The fourth-order valence-corrected chi connectivity index (χ4v) is 3.27. The third kappa shape index (κ3) is 9.21. The lowest BCUT2D eigenvalue weighted by Gasteiger charge is -2.15. The van der Waals surface area contributed by atoms with Crippen molar-refractivity contribution in [3.05, 3.63) is 69.4 Å². The summed E-state index contributed by atoms with van der Waals surface area (Å²) >= 11 is 0. The molecule has 0 saturated carbocycles.